The van der Waals surface area contributed by atoms with Gasteiger partial charge in [-0.25, -0.2) is 0 Å². The molecule has 24 heavy (non-hydrogen) atoms. The van der Waals surface area contributed by atoms with E-state index in [2.05, 4.69) is 62.2 Å². The summed E-state index contributed by atoms with van der Waals surface area (Å²) < 4.78 is 5.58. The van der Waals surface area contributed by atoms with Crippen molar-refractivity contribution in [2.75, 3.05) is 46.4 Å². The number of guanidine groups is 1. The number of nitrogens with one attached hydrogen (secondary N) is 2. The lowest BCUT2D eigenvalue weighted by Crippen LogP contribution is -2.38. The number of hydrogen-bond donors (Lipinski definition) is 2. The van der Waals surface area contributed by atoms with Crippen LogP contribution in [0.2, 0.25) is 0 Å². The van der Waals surface area contributed by atoms with E-state index in [0.717, 1.165) is 51.8 Å². The molecule has 0 amide bonds. The summed E-state index contributed by atoms with van der Waals surface area (Å²) in [6.07, 6.45) is 3.35. The number of unbranched alkanes of at least 4 members (excludes halogenated alkanes) is 1. The summed E-state index contributed by atoms with van der Waals surface area (Å²) in [5, 5.41) is 6.71. The molecular formula is C18H41IN4O. The first-order valence-electron chi connectivity index (χ1n) is 9.27. The molecule has 0 aromatic carbocycles. The molecule has 0 aliphatic carbocycles. The second-order valence-corrected chi connectivity index (χ2v) is 6.79. The largest absolute Gasteiger partial charge is 0.381 e. The van der Waals surface area contributed by atoms with E-state index < -0.39 is 0 Å². The lowest BCUT2D eigenvalue weighted by Gasteiger charge is -2.20. The molecule has 0 spiro atoms. The maximum Gasteiger partial charge on any atom is 0.191 e. The summed E-state index contributed by atoms with van der Waals surface area (Å²) in [5.74, 6) is 1.53. The van der Waals surface area contributed by atoms with Crippen LogP contribution in [-0.2, 0) is 4.74 Å². The molecule has 6 heteroatoms. The molecule has 0 aliphatic rings. The number of rotatable bonds is 13. The van der Waals surface area contributed by atoms with Crippen molar-refractivity contribution in [3.8, 4) is 0 Å². The van der Waals surface area contributed by atoms with Gasteiger partial charge < -0.3 is 20.3 Å². The number of ether oxygens (including phenoxy) is 1. The number of aliphatic imine (C=N–C) groups is 1. The Balaban J connectivity index is 0. The summed E-state index contributed by atoms with van der Waals surface area (Å²) in [4.78, 5) is 6.98. The molecule has 5 nitrogen and oxygen atoms in total. The summed E-state index contributed by atoms with van der Waals surface area (Å²) in [7, 11) is 2.19. The van der Waals surface area contributed by atoms with E-state index in [1.54, 1.807) is 0 Å². The molecule has 2 N–H and O–H groups in total. The molecule has 0 rings (SSSR count). The normalized spacial score (nSPS) is 12.0. The average molecular weight is 456 g/mol. The van der Waals surface area contributed by atoms with Gasteiger partial charge in [0.25, 0.3) is 0 Å². The molecule has 0 aromatic heterocycles. The second-order valence-electron chi connectivity index (χ2n) is 6.79. The molecule has 0 saturated heterocycles. The van der Waals surface area contributed by atoms with Crippen molar-refractivity contribution in [1.82, 2.24) is 15.5 Å². The highest BCUT2D eigenvalue weighted by Crippen LogP contribution is 1.97. The Hall–Kier alpha value is -0.0800. The van der Waals surface area contributed by atoms with E-state index in [1.807, 2.05) is 0 Å². The summed E-state index contributed by atoms with van der Waals surface area (Å²) in [6.45, 7) is 16.4. The first-order valence-corrected chi connectivity index (χ1v) is 9.27. The second kappa shape index (κ2) is 17.7. The van der Waals surface area contributed by atoms with Gasteiger partial charge in [-0.2, -0.15) is 0 Å². The van der Waals surface area contributed by atoms with E-state index in [0.29, 0.717) is 12.0 Å². The molecule has 0 aromatic rings. The van der Waals surface area contributed by atoms with E-state index in [1.165, 1.54) is 12.8 Å². The maximum atomic E-state index is 5.58. The van der Waals surface area contributed by atoms with Gasteiger partial charge in [-0.1, -0.05) is 13.8 Å². The molecule has 0 fully saturated rings. The fourth-order valence-electron chi connectivity index (χ4n) is 1.97. The van der Waals surface area contributed by atoms with Crippen LogP contribution in [0.1, 0.15) is 53.9 Å². The van der Waals surface area contributed by atoms with Crippen LogP contribution >= 0.6 is 24.0 Å². The van der Waals surface area contributed by atoms with Crippen LogP contribution in [0.5, 0.6) is 0 Å². The van der Waals surface area contributed by atoms with E-state index in [9.17, 15) is 0 Å². The van der Waals surface area contributed by atoms with Crippen LogP contribution in [0, 0.1) is 5.92 Å². The Morgan fingerprint density at radius 2 is 1.79 bits per heavy atom. The fourth-order valence-corrected chi connectivity index (χ4v) is 1.97. The zero-order valence-electron chi connectivity index (χ0n) is 16.7. The minimum atomic E-state index is 0. The van der Waals surface area contributed by atoms with Crippen molar-refractivity contribution in [3.05, 3.63) is 0 Å². The van der Waals surface area contributed by atoms with Gasteiger partial charge in [0.1, 0.15) is 0 Å². The third kappa shape index (κ3) is 16.8. The monoisotopic (exact) mass is 456 g/mol. The van der Waals surface area contributed by atoms with Crippen LogP contribution in [0.25, 0.3) is 0 Å². The molecule has 0 heterocycles. The van der Waals surface area contributed by atoms with Crippen LogP contribution in [0.3, 0.4) is 0 Å². The van der Waals surface area contributed by atoms with Gasteiger partial charge in [0, 0.05) is 38.9 Å². The van der Waals surface area contributed by atoms with Gasteiger partial charge in [0.15, 0.2) is 5.96 Å². The molecule has 0 unspecified atom stereocenters. The Morgan fingerprint density at radius 1 is 1.08 bits per heavy atom. The van der Waals surface area contributed by atoms with Crippen LogP contribution in [0.4, 0.5) is 0 Å². The zero-order valence-corrected chi connectivity index (χ0v) is 19.1. The number of halogens is 1. The molecule has 0 aliphatic heterocycles. The minimum absolute atomic E-state index is 0. The maximum absolute atomic E-state index is 5.58. The summed E-state index contributed by atoms with van der Waals surface area (Å²) >= 11 is 0. The lowest BCUT2D eigenvalue weighted by molar-refractivity contribution is 0.109. The molecule has 0 atom stereocenters. The highest BCUT2D eigenvalue weighted by Gasteiger charge is 2.02. The van der Waals surface area contributed by atoms with Crippen molar-refractivity contribution in [3.63, 3.8) is 0 Å². The molecular weight excluding hydrogens is 415 g/mol. The number of hydrogen-bond acceptors (Lipinski definition) is 3. The van der Waals surface area contributed by atoms with Crippen LogP contribution in [0.15, 0.2) is 4.99 Å². The Bertz CT molecular complexity index is 299. The van der Waals surface area contributed by atoms with Gasteiger partial charge in [-0.3, -0.25) is 4.99 Å². The van der Waals surface area contributed by atoms with Gasteiger partial charge in [0.2, 0.25) is 0 Å². The number of nitrogens with zero attached hydrogens (tertiary/aromatic N) is 2. The minimum Gasteiger partial charge on any atom is -0.381 e. The van der Waals surface area contributed by atoms with Gasteiger partial charge in [-0.05, 0) is 59.5 Å². The smallest absolute Gasteiger partial charge is 0.191 e. The quantitative estimate of drug-likeness (QED) is 0.193. The lowest BCUT2D eigenvalue weighted by atomic mass is 10.2. The predicted molar refractivity (Wildman–Crippen MR) is 117 cm³/mol. The average Bonchev–Trinajstić information content (AvgIpc) is 2.49. The topological polar surface area (TPSA) is 48.9 Å². The van der Waals surface area contributed by atoms with Gasteiger partial charge in [-0.15, -0.1) is 24.0 Å². The standard InChI is InChI=1S/C18H40N4O.HI/c1-7-19-18(21-12-10-14-23-15-16(2)3)20-11-8-9-13-22(6)17(4)5;/h16-17H,7-15H2,1-6H3,(H2,19,20,21);1H. The van der Waals surface area contributed by atoms with Crippen molar-refractivity contribution in [1.29, 1.82) is 0 Å². The Kier molecular flexibility index (Phi) is 19.3. The van der Waals surface area contributed by atoms with E-state index in [4.69, 9.17) is 4.74 Å². The third-order valence-electron chi connectivity index (χ3n) is 3.62. The van der Waals surface area contributed by atoms with Crippen molar-refractivity contribution in [2.45, 2.75) is 59.9 Å². The highest BCUT2D eigenvalue weighted by atomic mass is 127. The summed E-state index contributed by atoms with van der Waals surface area (Å²) in [5.41, 5.74) is 0. The molecule has 0 bridgehead atoms. The zero-order chi connectivity index (χ0) is 17.5. The molecule has 146 valence electrons. The van der Waals surface area contributed by atoms with Crippen molar-refractivity contribution in [2.24, 2.45) is 10.9 Å². The van der Waals surface area contributed by atoms with Crippen LogP contribution in [-0.4, -0.2) is 63.3 Å². The SMILES string of the molecule is CCNC(=NCCCOCC(C)C)NCCCCN(C)C(C)C.I. The first-order chi connectivity index (χ1) is 11.0. The highest BCUT2D eigenvalue weighted by molar-refractivity contribution is 14.0. The predicted octanol–water partition coefficient (Wildman–Crippen LogP) is 3.34. The van der Waals surface area contributed by atoms with E-state index in [-0.39, 0.29) is 24.0 Å². The van der Waals surface area contributed by atoms with Gasteiger partial charge in [0.05, 0.1) is 0 Å². The molecule has 0 saturated carbocycles. The summed E-state index contributed by atoms with van der Waals surface area (Å²) in [6, 6.07) is 0.625. The van der Waals surface area contributed by atoms with Crippen LogP contribution < -0.4 is 10.6 Å². The molecule has 0 radical (unpaired) electrons. The first kappa shape index (κ1) is 26.2. The van der Waals surface area contributed by atoms with Crippen molar-refractivity contribution < 1.29 is 4.74 Å². The van der Waals surface area contributed by atoms with Gasteiger partial charge >= 0.3 is 0 Å². The third-order valence-corrected chi connectivity index (χ3v) is 3.62. The Labute approximate surface area is 167 Å². The fraction of sp³-hybridized carbons (Fsp3) is 0.944. The Morgan fingerprint density at radius 3 is 2.38 bits per heavy atom. The van der Waals surface area contributed by atoms with Crippen molar-refractivity contribution >= 4 is 29.9 Å². The van der Waals surface area contributed by atoms with E-state index >= 15 is 0 Å².